The molecule has 18 nitrogen and oxygen atoms in total. The minimum atomic E-state index is -2.68. The molecule has 0 aromatic heterocycles. The van der Waals surface area contributed by atoms with E-state index in [-0.39, 0.29) is 61.4 Å². The molecule has 4 aliphatic heterocycles. The van der Waals surface area contributed by atoms with E-state index in [1.165, 1.54) is 9.80 Å². The van der Waals surface area contributed by atoms with Gasteiger partial charge in [0.25, 0.3) is 0 Å². The van der Waals surface area contributed by atoms with Gasteiger partial charge < -0.3 is 60.0 Å². The number of unbranched alkanes of at least 4 members (excludes halogenated alkanes) is 2. The molecule has 4 fully saturated rings. The summed E-state index contributed by atoms with van der Waals surface area (Å²) in [7, 11) is -5.35. The van der Waals surface area contributed by atoms with Crippen molar-refractivity contribution in [2.75, 3.05) is 63.9 Å². The normalized spacial score (nSPS) is 22.7. The van der Waals surface area contributed by atoms with Gasteiger partial charge in [-0.2, -0.15) is 0 Å². The number of hydrogen-bond donors (Lipinski definition) is 4. The Labute approximate surface area is 392 Å². The summed E-state index contributed by atoms with van der Waals surface area (Å²) in [6, 6.07) is -4.45. The summed E-state index contributed by atoms with van der Waals surface area (Å²) in [5.74, 6) is -3.58. The molecule has 4 amide bonds. The van der Waals surface area contributed by atoms with Gasteiger partial charge in [-0.25, -0.2) is 0 Å². The third-order valence-electron chi connectivity index (χ3n) is 12.6. The van der Waals surface area contributed by atoms with E-state index in [0.717, 1.165) is 25.7 Å². The Hall–Kier alpha value is -1.62. The van der Waals surface area contributed by atoms with Gasteiger partial charge in [0.1, 0.15) is 26.7 Å². The number of carboxylic acid groups (broad SMARTS) is 2. The van der Waals surface area contributed by atoms with Crippen LogP contribution < -0.4 is 31.9 Å². The predicted molar refractivity (Wildman–Crippen MR) is 232 cm³/mol. The molecule has 4 heterocycles. The van der Waals surface area contributed by atoms with Crippen LogP contribution in [0.15, 0.2) is 0 Å². The fraction of sp³-hybridized carbons (Fsp3) is 0.850. The van der Waals surface area contributed by atoms with E-state index in [2.05, 4.69) is 10.2 Å². The maximum absolute atomic E-state index is 13.4. The molecule has 4 aliphatic rings. The molecule has 4 saturated heterocycles. The number of nitrogens with zero attached hydrogens (tertiary/aromatic N) is 4. The number of aliphatic carboxylic acids is 2. The number of carbonyl (C=O) groups is 6. The van der Waals surface area contributed by atoms with Crippen LogP contribution in [0.1, 0.15) is 118 Å². The Morgan fingerprint density at radius 2 is 0.836 bits per heavy atom. The first-order valence-electron chi connectivity index (χ1n) is 22.3. The summed E-state index contributed by atoms with van der Waals surface area (Å²) in [5.41, 5.74) is 11.2. The van der Waals surface area contributed by atoms with Crippen LogP contribution in [0.2, 0.25) is 0 Å². The van der Waals surface area contributed by atoms with Crippen LogP contribution in [-0.2, 0) is 37.9 Å². The van der Waals surface area contributed by atoms with Crippen molar-refractivity contribution in [1.82, 2.24) is 29.8 Å². The van der Waals surface area contributed by atoms with E-state index >= 15 is 0 Å². The Morgan fingerprint density at radius 1 is 0.541 bits per heavy atom. The Morgan fingerprint density at radius 3 is 1.11 bits per heavy atom. The van der Waals surface area contributed by atoms with Gasteiger partial charge in [-0.3, -0.25) is 29.4 Å². The van der Waals surface area contributed by atoms with E-state index in [1.54, 1.807) is 9.80 Å². The summed E-state index contributed by atoms with van der Waals surface area (Å²) >= 11 is 0. The van der Waals surface area contributed by atoms with Crippen LogP contribution in [0.5, 0.6) is 0 Å². The predicted octanol–water partition coefficient (Wildman–Crippen LogP) is -0.134. The number of hydrogen-bond acceptors (Lipinski definition) is 12. The second-order valence-corrected chi connectivity index (χ2v) is 23.0. The fourth-order valence-electron chi connectivity index (χ4n) is 8.76. The zero-order chi connectivity index (χ0) is 44.6. The van der Waals surface area contributed by atoms with Crippen molar-refractivity contribution in [2.24, 2.45) is 11.5 Å². The minimum Gasteiger partial charge on any atom is -0.548 e. The third kappa shape index (κ3) is 15.2. The molecule has 6 atom stereocenters. The number of nitrogens with one attached hydrogen (secondary N) is 2. The van der Waals surface area contributed by atoms with Crippen molar-refractivity contribution >= 4 is 87.9 Å². The molecular formula is C40H72CaN8O10P2. The summed E-state index contributed by atoms with van der Waals surface area (Å²) in [4.78, 5) is 81.6. The van der Waals surface area contributed by atoms with E-state index in [4.69, 9.17) is 11.5 Å². The molecule has 0 aliphatic carbocycles. The Balaban J connectivity index is 0.000000413. The summed E-state index contributed by atoms with van der Waals surface area (Å²) in [5, 5.41) is 29.0. The molecule has 344 valence electrons. The van der Waals surface area contributed by atoms with Crippen molar-refractivity contribution in [1.29, 1.82) is 0 Å². The molecule has 0 aromatic rings. The number of rotatable bonds is 22. The van der Waals surface area contributed by atoms with Gasteiger partial charge in [-0.1, -0.05) is 40.5 Å². The number of nitrogens with two attached hydrogens (primary N) is 2. The monoisotopic (exact) mass is 926 g/mol. The van der Waals surface area contributed by atoms with Gasteiger partial charge in [-0.15, -0.1) is 0 Å². The average molecular weight is 927 g/mol. The van der Waals surface area contributed by atoms with Crippen LogP contribution in [0.25, 0.3) is 0 Å². The number of carbonyl (C=O) groups excluding carboxylic acids is 6. The van der Waals surface area contributed by atoms with E-state index in [0.29, 0.717) is 128 Å². The number of carboxylic acids is 2. The van der Waals surface area contributed by atoms with Crippen molar-refractivity contribution in [3.63, 3.8) is 0 Å². The van der Waals surface area contributed by atoms with Crippen molar-refractivity contribution in [2.45, 2.75) is 154 Å². The minimum absolute atomic E-state index is 0. The standard InChI is InChI=1S/2C20H37N4O5P.Ca/c2*1-3-30(29,4-2)22-15(9-5-6-12-21)18(25)23-13-7-10-16(23)19(26)24-14-8-11-17(24)20(27)28;/h2*15-17H,3-14,21H2,1-2H3,(H,22,29)(H,27,28);/q;;+2/p-2/t2*15-,16-,17-;/m00./s1. The van der Waals surface area contributed by atoms with Crippen LogP contribution >= 0.6 is 14.6 Å². The molecule has 0 bridgehead atoms. The maximum atomic E-state index is 13.4. The van der Waals surface area contributed by atoms with Crippen molar-refractivity contribution < 1.29 is 48.1 Å². The van der Waals surface area contributed by atoms with Gasteiger partial charge in [0.05, 0.1) is 36.1 Å². The molecular weight excluding hydrogens is 855 g/mol. The maximum Gasteiger partial charge on any atom is 2.00 e. The summed E-state index contributed by atoms with van der Waals surface area (Å²) < 4.78 is 26.0. The first-order chi connectivity index (χ1) is 28.5. The van der Waals surface area contributed by atoms with Crippen molar-refractivity contribution in [3.05, 3.63) is 0 Å². The van der Waals surface area contributed by atoms with Gasteiger partial charge in [0.2, 0.25) is 23.6 Å². The summed E-state index contributed by atoms with van der Waals surface area (Å²) in [6.07, 6.45) is 10.2. The Bertz CT molecular complexity index is 1450. The van der Waals surface area contributed by atoms with Crippen LogP contribution in [-0.4, -0.2) is 193 Å². The molecule has 0 saturated carbocycles. The first-order valence-corrected chi connectivity index (χ1v) is 26.5. The van der Waals surface area contributed by atoms with Crippen molar-refractivity contribution in [3.8, 4) is 0 Å². The molecule has 21 heteroatoms. The number of amides is 4. The van der Waals surface area contributed by atoms with Gasteiger partial charge in [0, 0.05) is 50.8 Å². The summed E-state index contributed by atoms with van der Waals surface area (Å²) in [6.45, 7) is 10.0. The van der Waals surface area contributed by atoms with E-state index < -0.39 is 62.8 Å². The molecule has 6 N–H and O–H groups in total. The molecule has 0 aromatic carbocycles. The number of likely N-dealkylation sites (tertiary alicyclic amines) is 4. The third-order valence-corrected chi connectivity index (χ3v) is 18.2. The van der Waals surface area contributed by atoms with Gasteiger partial charge in [0.15, 0.2) is 0 Å². The second-order valence-electron chi connectivity index (χ2n) is 16.4. The fourth-order valence-corrected chi connectivity index (χ4v) is 12.0. The second kappa shape index (κ2) is 27.0. The quantitative estimate of drug-likeness (QED) is 0.0626. The Kier molecular flexibility index (Phi) is 24.6. The average Bonchev–Trinajstić information content (AvgIpc) is 4.09. The molecule has 0 radical (unpaired) electrons. The first kappa shape index (κ1) is 55.5. The zero-order valence-corrected chi connectivity index (χ0v) is 41.1. The molecule has 61 heavy (non-hydrogen) atoms. The van der Waals surface area contributed by atoms with Gasteiger partial charge in [-0.05, 0) is 90.1 Å². The van der Waals surface area contributed by atoms with Gasteiger partial charge >= 0.3 is 37.7 Å². The van der Waals surface area contributed by atoms with E-state index in [1.807, 2.05) is 27.7 Å². The van der Waals surface area contributed by atoms with Crippen LogP contribution in [0.3, 0.4) is 0 Å². The zero-order valence-electron chi connectivity index (χ0n) is 37.1. The SMILES string of the molecule is CCP(=O)(CC)N[C@@H](CCCCN)C(=O)N1CCC[C@H]1C(=O)N1CCC[C@H]1C(=O)[O-].CCP(=O)(CC)N[C@@H](CCCCN)C(=O)N1CCC[C@H]1C(=O)N1CCC[C@H]1C(=O)[O-].[Ca+2]. The van der Waals surface area contributed by atoms with E-state index in [9.17, 15) is 48.1 Å². The largest absolute Gasteiger partial charge is 2.00 e. The topological polar surface area (TPSA) is 272 Å². The molecule has 0 unspecified atom stereocenters. The molecule has 4 rings (SSSR count). The smallest absolute Gasteiger partial charge is 0.548 e. The van der Waals surface area contributed by atoms with Crippen LogP contribution in [0.4, 0.5) is 0 Å². The molecule has 0 spiro atoms. The van der Waals surface area contributed by atoms with Crippen LogP contribution in [0, 0.1) is 0 Å².